The van der Waals surface area contributed by atoms with Gasteiger partial charge in [-0.2, -0.15) is 0 Å². The monoisotopic (exact) mass is 388 g/mol. The van der Waals surface area contributed by atoms with Crippen molar-refractivity contribution < 1.29 is 24.8 Å². The van der Waals surface area contributed by atoms with Gasteiger partial charge in [0.25, 0.3) is 0 Å². The molecule has 0 aliphatic carbocycles. The van der Waals surface area contributed by atoms with Gasteiger partial charge in [0.1, 0.15) is 37.3 Å². The molecule has 0 aliphatic heterocycles. The number of hydrogen-bond donors (Lipinski definition) is 3. The summed E-state index contributed by atoms with van der Waals surface area (Å²) in [4.78, 5) is 1.36. The van der Waals surface area contributed by atoms with Gasteiger partial charge in [-0.15, -0.1) is 0 Å². The van der Waals surface area contributed by atoms with Gasteiger partial charge < -0.3 is 24.8 Å². The first-order chi connectivity index (χ1) is 13.3. The van der Waals surface area contributed by atoms with Crippen LogP contribution < -0.4 is 19.7 Å². The molecule has 5 heteroatoms. The van der Waals surface area contributed by atoms with Gasteiger partial charge >= 0.3 is 0 Å². The molecule has 0 fully saturated rings. The molecule has 2 aromatic rings. The Bertz CT molecular complexity index is 744. The topological polar surface area (TPSA) is 59.7 Å². The quantitative estimate of drug-likeness (QED) is 0.565. The second-order valence-electron chi connectivity index (χ2n) is 7.78. The van der Waals surface area contributed by atoms with E-state index in [-0.39, 0.29) is 0 Å². The van der Waals surface area contributed by atoms with Crippen LogP contribution in [0.1, 0.15) is 28.3 Å². The summed E-state index contributed by atoms with van der Waals surface area (Å²) in [5, 5.41) is 12.5. The van der Waals surface area contributed by atoms with Crippen LogP contribution in [0.3, 0.4) is 0 Å². The van der Waals surface area contributed by atoms with Crippen LogP contribution in [0.5, 0.6) is 11.5 Å². The lowest BCUT2D eigenvalue weighted by Gasteiger charge is -2.21. The number of aliphatic hydroxyl groups is 1. The van der Waals surface area contributed by atoms with Crippen LogP contribution in [-0.4, -0.2) is 52.1 Å². The first-order valence-electron chi connectivity index (χ1n) is 9.96. The Morgan fingerprint density at radius 3 is 2.21 bits per heavy atom. The molecule has 4 N–H and O–H groups in total. The molecule has 0 aromatic heterocycles. The summed E-state index contributed by atoms with van der Waals surface area (Å²) in [5.74, 6) is 1.77. The molecule has 0 saturated carbocycles. The number of likely N-dealkylation sites (N-methyl/N-ethyl adjacent to an activating group) is 1. The van der Waals surface area contributed by atoms with Gasteiger partial charge in [0.15, 0.2) is 6.04 Å². The molecule has 0 saturated heterocycles. The van der Waals surface area contributed by atoms with Crippen LogP contribution in [0, 0.1) is 20.8 Å². The third-order valence-corrected chi connectivity index (χ3v) is 5.35. The zero-order valence-electron chi connectivity index (χ0n) is 18.1. The number of ether oxygens (including phenoxy) is 2. The summed E-state index contributed by atoms with van der Waals surface area (Å²) in [6.45, 7) is 8.01. The second kappa shape index (κ2) is 10.5. The average Bonchev–Trinajstić information content (AvgIpc) is 2.68. The van der Waals surface area contributed by atoms with Crippen LogP contribution in [0.25, 0.3) is 0 Å². The molecule has 0 bridgehead atoms. The molecule has 0 amide bonds. The number of aryl methyl sites for hydroxylation is 2. The first-order valence-corrected chi connectivity index (χ1v) is 9.96. The van der Waals surface area contributed by atoms with Crippen molar-refractivity contribution in [3.63, 3.8) is 0 Å². The van der Waals surface area contributed by atoms with Crippen molar-refractivity contribution in [3.05, 3.63) is 58.7 Å². The number of quaternary nitrogens is 2. The van der Waals surface area contributed by atoms with E-state index in [0.29, 0.717) is 19.2 Å². The minimum Gasteiger partial charge on any atom is -0.497 e. The third-order valence-electron chi connectivity index (χ3n) is 5.35. The largest absolute Gasteiger partial charge is 0.497 e. The normalized spacial score (nSPS) is 13.4. The summed E-state index contributed by atoms with van der Waals surface area (Å²) < 4.78 is 11.2. The van der Waals surface area contributed by atoms with Crippen molar-refractivity contribution in [2.75, 3.05) is 40.9 Å². The highest BCUT2D eigenvalue weighted by Gasteiger charge is 2.21. The van der Waals surface area contributed by atoms with Crippen molar-refractivity contribution >= 4 is 0 Å². The SMILES string of the molecule is COc1ccc([C@@H](C[NH2+]C[C@H](O)COc2c(C)ccc(C)c2C)[NH+](C)C)cc1. The van der Waals surface area contributed by atoms with Crippen LogP contribution >= 0.6 is 0 Å². The zero-order valence-corrected chi connectivity index (χ0v) is 18.1. The molecule has 0 spiro atoms. The highest BCUT2D eigenvalue weighted by molar-refractivity contribution is 5.44. The minimum atomic E-state index is -0.506. The summed E-state index contributed by atoms with van der Waals surface area (Å²) in [6.07, 6.45) is -0.506. The Kier molecular flexibility index (Phi) is 8.30. The molecule has 0 unspecified atom stereocenters. The number of hydrogen-bond acceptors (Lipinski definition) is 3. The van der Waals surface area contributed by atoms with Crippen LogP contribution in [0.2, 0.25) is 0 Å². The smallest absolute Gasteiger partial charge is 0.162 e. The van der Waals surface area contributed by atoms with E-state index in [4.69, 9.17) is 9.47 Å². The Morgan fingerprint density at radius 1 is 0.964 bits per heavy atom. The fourth-order valence-electron chi connectivity index (χ4n) is 3.39. The van der Waals surface area contributed by atoms with Gasteiger partial charge in [0, 0.05) is 5.56 Å². The molecule has 0 aliphatic rings. The third kappa shape index (κ3) is 5.96. The maximum Gasteiger partial charge on any atom is 0.162 e. The van der Waals surface area contributed by atoms with E-state index in [0.717, 1.165) is 29.2 Å². The molecule has 154 valence electrons. The highest BCUT2D eigenvalue weighted by atomic mass is 16.5. The summed E-state index contributed by atoms with van der Waals surface area (Å²) in [6, 6.07) is 12.8. The number of rotatable bonds is 10. The van der Waals surface area contributed by atoms with Crippen molar-refractivity contribution in [1.29, 1.82) is 0 Å². The number of benzene rings is 2. The lowest BCUT2D eigenvalue weighted by molar-refractivity contribution is -0.909. The van der Waals surface area contributed by atoms with Crippen molar-refractivity contribution in [2.45, 2.75) is 32.9 Å². The van der Waals surface area contributed by atoms with E-state index in [1.165, 1.54) is 16.0 Å². The van der Waals surface area contributed by atoms with E-state index < -0.39 is 6.10 Å². The number of nitrogens with one attached hydrogen (secondary N) is 1. The predicted octanol–water partition coefficient (Wildman–Crippen LogP) is 0.809. The predicted molar refractivity (Wildman–Crippen MR) is 112 cm³/mol. The average molecular weight is 389 g/mol. The van der Waals surface area contributed by atoms with E-state index in [9.17, 15) is 5.11 Å². The van der Waals surface area contributed by atoms with Crippen LogP contribution in [0.4, 0.5) is 0 Å². The van der Waals surface area contributed by atoms with E-state index in [1.54, 1.807) is 7.11 Å². The number of methoxy groups -OCH3 is 1. The summed E-state index contributed by atoms with van der Waals surface area (Å²) in [7, 11) is 6.00. The number of nitrogens with two attached hydrogens (primary N) is 1. The fraction of sp³-hybridized carbons (Fsp3) is 0.478. The van der Waals surface area contributed by atoms with Gasteiger partial charge in [0.2, 0.25) is 0 Å². The van der Waals surface area contributed by atoms with Crippen molar-refractivity contribution in [3.8, 4) is 11.5 Å². The molecule has 2 atom stereocenters. The summed E-state index contributed by atoms with van der Waals surface area (Å²) in [5.41, 5.74) is 4.73. The molecule has 2 rings (SSSR count). The highest BCUT2D eigenvalue weighted by Crippen LogP contribution is 2.25. The Balaban J connectivity index is 1.86. The summed E-state index contributed by atoms with van der Waals surface area (Å²) >= 11 is 0. The van der Waals surface area contributed by atoms with Gasteiger partial charge in [-0.25, -0.2) is 0 Å². The lowest BCUT2D eigenvalue weighted by Crippen LogP contribution is -3.09. The van der Waals surface area contributed by atoms with E-state index in [2.05, 4.69) is 57.5 Å². The zero-order chi connectivity index (χ0) is 20.7. The maximum atomic E-state index is 10.4. The molecule has 28 heavy (non-hydrogen) atoms. The van der Waals surface area contributed by atoms with E-state index >= 15 is 0 Å². The van der Waals surface area contributed by atoms with Gasteiger partial charge in [-0.1, -0.05) is 12.1 Å². The standard InChI is InChI=1S/C23H34N2O3/c1-16-7-8-17(2)23(18(16)3)28-15-20(26)13-24-14-22(25(4)5)19-9-11-21(27-6)12-10-19/h7-12,20,22,24,26H,13-15H2,1-6H3/p+2/t20-,22+/m0/s1. The fourth-order valence-corrected chi connectivity index (χ4v) is 3.39. The van der Waals surface area contributed by atoms with Gasteiger partial charge in [-0.3, -0.25) is 0 Å². The molecule has 5 nitrogen and oxygen atoms in total. The van der Waals surface area contributed by atoms with Crippen molar-refractivity contribution in [1.82, 2.24) is 0 Å². The Hall–Kier alpha value is -2.08. The minimum absolute atomic E-state index is 0.309. The van der Waals surface area contributed by atoms with Gasteiger partial charge in [0.05, 0.1) is 21.2 Å². The van der Waals surface area contributed by atoms with Crippen LogP contribution in [0.15, 0.2) is 36.4 Å². The number of aliphatic hydroxyl groups excluding tert-OH is 1. The Morgan fingerprint density at radius 2 is 1.61 bits per heavy atom. The molecule has 0 radical (unpaired) electrons. The molecule has 0 heterocycles. The van der Waals surface area contributed by atoms with E-state index in [1.807, 2.05) is 19.1 Å². The second-order valence-corrected chi connectivity index (χ2v) is 7.78. The molecular formula is C23H36N2O3+2. The van der Waals surface area contributed by atoms with Crippen LogP contribution in [-0.2, 0) is 0 Å². The molecule has 2 aromatic carbocycles. The first kappa shape index (κ1) is 22.2. The van der Waals surface area contributed by atoms with Crippen molar-refractivity contribution in [2.24, 2.45) is 0 Å². The van der Waals surface area contributed by atoms with Gasteiger partial charge in [-0.05, 0) is 61.7 Å². The molecular weight excluding hydrogens is 352 g/mol. The Labute approximate surface area is 169 Å². The lowest BCUT2D eigenvalue weighted by atomic mass is 10.1. The maximum absolute atomic E-state index is 10.4.